The van der Waals surface area contributed by atoms with E-state index in [0.717, 1.165) is 22.5 Å². The molecule has 3 aromatic rings. The van der Waals surface area contributed by atoms with E-state index in [1.165, 1.54) is 4.90 Å². The summed E-state index contributed by atoms with van der Waals surface area (Å²) in [5, 5.41) is 2.91. The Hall–Kier alpha value is -3.97. The Morgan fingerprint density at radius 2 is 1.61 bits per heavy atom. The molecule has 3 aromatic carbocycles. The number of nitrogens with zero attached hydrogens (tertiary/aromatic N) is 2. The minimum absolute atomic E-state index is 0.0719. The average molecular weight is 513 g/mol. The van der Waals surface area contributed by atoms with Crippen LogP contribution in [0.25, 0.3) is 0 Å². The molecule has 198 valence electrons. The van der Waals surface area contributed by atoms with Crippen LogP contribution in [0.2, 0.25) is 0 Å². The number of nitrogens with two attached hydrogens (primary N) is 1. The van der Waals surface area contributed by atoms with E-state index in [1.54, 1.807) is 0 Å². The molecule has 7 nitrogen and oxygen atoms in total. The lowest BCUT2D eigenvalue weighted by atomic mass is 9.90. The van der Waals surface area contributed by atoms with Crippen LogP contribution < -0.4 is 20.9 Å². The highest BCUT2D eigenvalue weighted by Gasteiger charge is 2.38. The number of anilines is 3. The quantitative estimate of drug-likeness (QED) is 0.496. The van der Waals surface area contributed by atoms with Gasteiger partial charge in [-0.3, -0.25) is 14.4 Å². The highest BCUT2D eigenvalue weighted by Crippen LogP contribution is 2.38. The summed E-state index contributed by atoms with van der Waals surface area (Å²) in [4.78, 5) is 44.0. The normalized spacial score (nSPS) is 16.4. The van der Waals surface area contributed by atoms with Gasteiger partial charge in [-0.1, -0.05) is 75.4 Å². The molecule has 1 aliphatic rings. The molecule has 0 bridgehead atoms. The first-order chi connectivity index (χ1) is 18.0. The molecule has 0 aliphatic carbocycles. The van der Waals surface area contributed by atoms with Gasteiger partial charge in [-0.15, -0.1) is 0 Å². The number of aryl methyl sites for hydroxylation is 1. The van der Waals surface area contributed by atoms with E-state index in [4.69, 9.17) is 5.73 Å². The van der Waals surface area contributed by atoms with Crippen LogP contribution >= 0.6 is 0 Å². The molecule has 38 heavy (non-hydrogen) atoms. The average Bonchev–Trinajstić information content (AvgIpc) is 2.99. The van der Waals surface area contributed by atoms with Gasteiger partial charge in [0, 0.05) is 11.1 Å². The van der Waals surface area contributed by atoms with E-state index in [-0.39, 0.29) is 24.8 Å². The number of Topliss-reactive ketones (excluding diaryl/α,β-unsaturated/α-hetero) is 1. The van der Waals surface area contributed by atoms with Crippen molar-refractivity contribution in [3.05, 3.63) is 90.0 Å². The molecule has 2 atom stereocenters. The molecule has 2 amide bonds. The molecule has 4 rings (SSSR count). The lowest BCUT2D eigenvalue weighted by Crippen LogP contribution is -2.56. The van der Waals surface area contributed by atoms with Gasteiger partial charge in [0.05, 0.1) is 30.5 Å². The van der Waals surface area contributed by atoms with Crippen molar-refractivity contribution in [3.63, 3.8) is 0 Å². The van der Waals surface area contributed by atoms with Crippen LogP contribution in [0, 0.1) is 12.3 Å². The molecule has 0 spiro atoms. The summed E-state index contributed by atoms with van der Waals surface area (Å²) < 4.78 is 0. The van der Waals surface area contributed by atoms with E-state index in [9.17, 15) is 14.4 Å². The maximum Gasteiger partial charge on any atom is 0.251 e. The maximum atomic E-state index is 14.1. The first kappa shape index (κ1) is 27.1. The summed E-state index contributed by atoms with van der Waals surface area (Å²) in [5.41, 5.74) is 9.85. The molecule has 0 saturated heterocycles. The van der Waals surface area contributed by atoms with Crippen LogP contribution in [-0.4, -0.2) is 42.8 Å². The zero-order valence-corrected chi connectivity index (χ0v) is 22.5. The third-order valence-corrected chi connectivity index (χ3v) is 6.80. The Bertz CT molecular complexity index is 1300. The minimum atomic E-state index is -0.912. The largest absolute Gasteiger partial charge is 0.341 e. The van der Waals surface area contributed by atoms with Crippen molar-refractivity contribution < 1.29 is 14.4 Å². The van der Waals surface area contributed by atoms with Gasteiger partial charge in [-0.2, -0.15) is 0 Å². The van der Waals surface area contributed by atoms with E-state index >= 15 is 0 Å². The highest BCUT2D eigenvalue weighted by atomic mass is 16.2. The number of hydrogen-bond acceptors (Lipinski definition) is 5. The molecule has 0 radical (unpaired) electrons. The van der Waals surface area contributed by atoms with E-state index < -0.39 is 23.4 Å². The summed E-state index contributed by atoms with van der Waals surface area (Å²) in [6, 6.07) is 23.4. The number of amides is 2. The van der Waals surface area contributed by atoms with Crippen LogP contribution in [0.1, 0.15) is 31.9 Å². The van der Waals surface area contributed by atoms with Gasteiger partial charge < -0.3 is 20.9 Å². The third-order valence-electron chi connectivity index (χ3n) is 6.80. The fraction of sp³-hybridized carbons (Fsp3) is 0.323. The van der Waals surface area contributed by atoms with Crippen molar-refractivity contribution in [2.45, 2.75) is 46.2 Å². The highest BCUT2D eigenvalue weighted by molar-refractivity contribution is 6.08. The Morgan fingerprint density at radius 1 is 0.974 bits per heavy atom. The number of rotatable bonds is 7. The maximum absolute atomic E-state index is 14.1. The number of benzene rings is 3. The second-order valence-electron chi connectivity index (χ2n) is 10.9. The molecule has 0 saturated carbocycles. The van der Waals surface area contributed by atoms with Crippen molar-refractivity contribution in [1.29, 1.82) is 0 Å². The van der Waals surface area contributed by atoms with Crippen LogP contribution in [-0.2, 0) is 20.8 Å². The van der Waals surface area contributed by atoms with E-state index in [0.29, 0.717) is 12.1 Å². The predicted molar refractivity (Wildman–Crippen MR) is 151 cm³/mol. The summed E-state index contributed by atoms with van der Waals surface area (Å²) in [6.45, 7) is 7.58. The Morgan fingerprint density at radius 3 is 2.24 bits per heavy atom. The van der Waals surface area contributed by atoms with Crippen molar-refractivity contribution in [1.82, 2.24) is 5.32 Å². The summed E-state index contributed by atoms with van der Waals surface area (Å²) in [7, 11) is 0. The van der Waals surface area contributed by atoms with Gasteiger partial charge >= 0.3 is 0 Å². The standard InChI is InChI=1S/C31H36N4O3/c1-21-15-16-26-27(17-21)35(20-28(36)31(2,3)4)30(38)25(19-34(26)23-13-9-6-10-14-23)33-29(37)24(32)18-22-11-7-5-8-12-22/h5-17,24-25H,18-20,32H2,1-4H3,(H,33,37). The van der Waals surface area contributed by atoms with Gasteiger partial charge in [-0.25, -0.2) is 0 Å². The number of carbonyl (C=O) groups is 3. The van der Waals surface area contributed by atoms with Gasteiger partial charge in [0.2, 0.25) is 5.91 Å². The van der Waals surface area contributed by atoms with Gasteiger partial charge in [-0.05, 0) is 48.7 Å². The number of carbonyl (C=O) groups excluding carboxylic acids is 3. The zero-order chi connectivity index (χ0) is 27.4. The predicted octanol–water partition coefficient (Wildman–Crippen LogP) is 4.15. The fourth-order valence-electron chi connectivity index (χ4n) is 4.49. The number of para-hydroxylation sites is 1. The number of nitrogens with one attached hydrogen (secondary N) is 1. The second kappa shape index (κ2) is 11.2. The minimum Gasteiger partial charge on any atom is -0.341 e. The van der Waals surface area contributed by atoms with Crippen molar-refractivity contribution in [2.24, 2.45) is 11.1 Å². The number of ketones is 1. The Labute approximate surface area is 224 Å². The third kappa shape index (κ3) is 6.11. The topological polar surface area (TPSA) is 95.7 Å². The Kier molecular flexibility index (Phi) is 7.97. The van der Waals surface area contributed by atoms with Crippen LogP contribution in [0.15, 0.2) is 78.9 Å². The van der Waals surface area contributed by atoms with Crippen molar-refractivity contribution >= 4 is 34.7 Å². The van der Waals surface area contributed by atoms with Gasteiger partial charge in [0.25, 0.3) is 5.91 Å². The SMILES string of the molecule is Cc1ccc2c(c1)N(CC(=O)C(C)(C)C)C(=O)C(NC(=O)C(N)Cc1ccccc1)CN2c1ccccc1. The summed E-state index contributed by atoms with van der Waals surface area (Å²) >= 11 is 0. The fourth-order valence-corrected chi connectivity index (χ4v) is 4.49. The lowest BCUT2D eigenvalue weighted by Gasteiger charge is -2.28. The Balaban J connectivity index is 1.72. The van der Waals surface area contributed by atoms with Crippen molar-refractivity contribution in [2.75, 3.05) is 22.9 Å². The monoisotopic (exact) mass is 512 g/mol. The van der Waals surface area contributed by atoms with Gasteiger partial charge in [0.1, 0.15) is 6.04 Å². The molecule has 1 aliphatic heterocycles. The van der Waals surface area contributed by atoms with E-state index in [1.807, 2.05) is 111 Å². The van der Waals surface area contributed by atoms with Crippen LogP contribution in [0.3, 0.4) is 0 Å². The smallest absolute Gasteiger partial charge is 0.251 e. The summed E-state index contributed by atoms with van der Waals surface area (Å²) in [5.74, 6) is -0.824. The van der Waals surface area contributed by atoms with Crippen molar-refractivity contribution in [3.8, 4) is 0 Å². The second-order valence-corrected chi connectivity index (χ2v) is 10.9. The molecule has 0 aromatic heterocycles. The molecule has 1 heterocycles. The number of fused-ring (bicyclic) bond motifs is 1. The van der Waals surface area contributed by atoms with Crippen LogP contribution in [0.4, 0.5) is 17.1 Å². The molecular weight excluding hydrogens is 476 g/mol. The first-order valence-corrected chi connectivity index (χ1v) is 12.9. The first-order valence-electron chi connectivity index (χ1n) is 12.9. The zero-order valence-electron chi connectivity index (χ0n) is 22.5. The molecule has 2 unspecified atom stereocenters. The number of hydrogen-bond donors (Lipinski definition) is 2. The molecule has 7 heteroatoms. The molecular formula is C31H36N4O3. The molecule has 3 N–H and O–H groups in total. The van der Waals surface area contributed by atoms with Gasteiger partial charge in [0.15, 0.2) is 5.78 Å². The molecule has 0 fully saturated rings. The van der Waals surface area contributed by atoms with E-state index in [2.05, 4.69) is 5.32 Å². The summed E-state index contributed by atoms with van der Waals surface area (Å²) in [6.07, 6.45) is 0.349. The van der Waals surface area contributed by atoms with Crippen LogP contribution in [0.5, 0.6) is 0 Å². The lowest BCUT2D eigenvalue weighted by molar-refractivity contribution is -0.129.